The molecule has 0 atom stereocenters. The Morgan fingerprint density at radius 1 is 1.21 bits per heavy atom. The number of piperazine rings is 1. The summed E-state index contributed by atoms with van der Waals surface area (Å²) in [6.07, 6.45) is 0. The van der Waals surface area contributed by atoms with Crippen LogP contribution < -0.4 is 16.0 Å². The normalized spacial score (nSPS) is 17.1. The average Bonchev–Trinajstić information content (AvgIpc) is 2.18. The van der Waals surface area contributed by atoms with Crippen molar-refractivity contribution < 1.29 is 0 Å². The van der Waals surface area contributed by atoms with Crippen LogP contribution >= 0.6 is 11.6 Å². The molecule has 14 heavy (non-hydrogen) atoms. The molecule has 7 heteroatoms. The minimum absolute atomic E-state index is 0.144. The Morgan fingerprint density at radius 2 is 1.93 bits per heavy atom. The topological polar surface area (TPSA) is 80.0 Å². The minimum Gasteiger partial charge on any atom is -0.368 e. The van der Waals surface area contributed by atoms with Gasteiger partial charge in [-0.15, -0.1) is 0 Å². The first kappa shape index (κ1) is 9.42. The second kappa shape index (κ2) is 3.93. The van der Waals surface area contributed by atoms with Crippen LogP contribution in [0.3, 0.4) is 0 Å². The number of aromatic nitrogens is 3. The Labute approximate surface area is 86.5 Å². The quantitative estimate of drug-likeness (QED) is 0.657. The van der Waals surface area contributed by atoms with Crippen molar-refractivity contribution in [2.75, 3.05) is 36.8 Å². The van der Waals surface area contributed by atoms with Crippen molar-refractivity contribution in [3.63, 3.8) is 0 Å². The SMILES string of the molecule is Nc1nc(Cl)nc(N2CCNCC2)n1. The molecule has 3 N–H and O–H groups in total. The Bertz CT molecular complexity index is 304. The standard InChI is InChI=1S/C7H11ClN6/c8-5-11-6(9)13-7(12-5)14-3-1-10-2-4-14/h10H,1-4H2,(H2,9,11,12,13). The molecule has 0 aromatic carbocycles. The fourth-order valence-corrected chi connectivity index (χ4v) is 1.52. The molecule has 6 nitrogen and oxygen atoms in total. The number of rotatable bonds is 1. The molecule has 2 heterocycles. The highest BCUT2D eigenvalue weighted by atomic mass is 35.5. The number of halogens is 1. The zero-order valence-electron chi connectivity index (χ0n) is 7.57. The van der Waals surface area contributed by atoms with Crippen LogP contribution in [0.4, 0.5) is 11.9 Å². The fraction of sp³-hybridized carbons (Fsp3) is 0.571. The maximum atomic E-state index is 5.68. The molecular weight excluding hydrogens is 204 g/mol. The van der Waals surface area contributed by atoms with Crippen LogP contribution in [0, 0.1) is 0 Å². The van der Waals surface area contributed by atoms with Gasteiger partial charge in [0, 0.05) is 26.2 Å². The highest BCUT2D eigenvalue weighted by Gasteiger charge is 2.14. The predicted octanol–water partition coefficient (Wildman–Crippen LogP) is -0.483. The number of nitrogen functional groups attached to an aromatic ring is 1. The van der Waals surface area contributed by atoms with Gasteiger partial charge in [-0.3, -0.25) is 0 Å². The summed E-state index contributed by atoms with van der Waals surface area (Å²) in [6, 6.07) is 0. The molecule has 0 unspecified atom stereocenters. The second-order valence-electron chi connectivity index (χ2n) is 3.00. The van der Waals surface area contributed by atoms with E-state index in [9.17, 15) is 0 Å². The van der Waals surface area contributed by atoms with Gasteiger partial charge in [0.15, 0.2) is 0 Å². The molecule has 0 amide bonds. The van der Waals surface area contributed by atoms with Crippen molar-refractivity contribution in [3.8, 4) is 0 Å². The van der Waals surface area contributed by atoms with Gasteiger partial charge < -0.3 is 16.0 Å². The third kappa shape index (κ3) is 2.02. The molecule has 1 aliphatic rings. The summed E-state index contributed by atoms with van der Waals surface area (Å²) in [5.41, 5.74) is 5.48. The molecule has 1 aromatic heterocycles. The number of anilines is 2. The lowest BCUT2D eigenvalue weighted by atomic mass is 10.4. The Hall–Kier alpha value is -1.14. The van der Waals surface area contributed by atoms with Gasteiger partial charge in [0.1, 0.15) is 0 Å². The number of nitrogens with two attached hydrogens (primary N) is 1. The van der Waals surface area contributed by atoms with Crippen LogP contribution in [0.25, 0.3) is 0 Å². The fourth-order valence-electron chi connectivity index (χ4n) is 1.36. The molecule has 1 fully saturated rings. The van der Waals surface area contributed by atoms with E-state index < -0.39 is 0 Å². The van der Waals surface area contributed by atoms with E-state index in [4.69, 9.17) is 17.3 Å². The lowest BCUT2D eigenvalue weighted by Gasteiger charge is -2.27. The van der Waals surface area contributed by atoms with Crippen LogP contribution in [0.5, 0.6) is 0 Å². The van der Waals surface area contributed by atoms with E-state index in [1.807, 2.05) is 4.90 Å². The molecular formula is C7H11ClN6. The molecule has 0 saturated carbocycles. The van der Waals surface area contributed by atoms with Crippen molar-refractivity contribution in [3.05, 3.63) is 5.28 Å². The number of hydrogen-bond acceptors (Lipinski definition) is 6. The molecule has 1 aromatic rings. The molecule has 0 radical (unpaired) electrons. The summed E-state index contributed by atoms with van der Waals surface area (Å²) in [5, 5.41) is 3.38. The van der Waals surface area contributed by atoms with E-state index >= 15 is 0 Å². The van der Waals surface area contributed by atoms with Crippen LogP contribution in [-0.2, 0) is 0 Å². The van der Waals surface area contributed by atoms with Gasteiger partial charge in [0.05, 0.1) is 0 Å². The largest absolute Gasteiger partial charge is 0.368 e. The number of nitrogens with zero attached hydrogens (tertiary/aromatic N) is 4. The minimum atomic E-state index is 0.144. The molecule has 0 bridgehead atoms. The monoisotopic (exact) mass is 214 g/mol. The first-order chi connectivity index (χ1) is 6.75. The first-order valence-corrected chi connectivity index (χ1v) is 4.76. The Kier molecular flexibility index (Phi) is 2.64. The van der Waals surface area contributed by atoms with Crippen molar-refractivity contribution in [1.82, 2.24) is 20.3 Å². The predicted molar refractivity (Wildman–Crippen MR) is 54.3 cm³/mol. The smallest absolute Gasteiger partial charge is 0.231 e. The van der Waals surface area contributed by atoms with Crippen molar-refractivity contribution in [1.29, 1.82) is 0 Å². The van der Waals surface area contributed by atoms with Gasteiger partial charge in [0.2, 0.25) is 17.2 Å². The summed E-state index contributed by atoms with van der Waals surface area (Å²) in [7, 11) is 0. The van der Waals surface area contributed by atoms with Crippen molar-refractivity contribution in [2.45, 2.75) is 0 Å². The second-order valence-corrected chi connectivity index (χ2v) is 3.34. The van der Waals surface area contributed by atoms with E-state index in [-0.39, 0.29) is 11.2 Å². The van der Waals surface area contributed by atoms with Crippen LogP contribution in [0.15, 0.2) is 0 Å². The van der Waals surface area contributed by atoms with Gasteiger partial charge in [-0.1, -0.05) is 0 Å². The highest BCUT2D eigenvalue weighted by molar-refractivity contribution is 6.28. The maximum Gasteiger partial charge on any atom is 0.231 e. The zero-order chi connectivity index (χ0) is 9.97. The van der Waals surface area contributed by atoms with Gasteiger partial charge in [-0.05, 0) is 11.6 Å². The zero-order valence-corrected chi connectivity index (χ0v) is 8.33. The summed E-state index contributed by atoms with van der Waals surface area (Å²) in [4.78, 5) is 13.8. The molecule has 1 saturated heterocycles. The van der Waals surface area contributed by atoms with Crippen LogP contribution in [0.1, 0.15) is 0 Å². The maximum absolute atomic E-state index is 5.68. The van der Waals surface area contributed by atoms with Crippen molar-refractivity contribution >= 4 is 23.5 Å². The molecule has 0 spiro atoms. The third-order valence-electron chi connectivity index (χ3n) is 2.01. The van der Waals surface area contributed by atoms with E-state index in [0.29, 0.717) is 5.95 Å². The van der Waals surface area contributed by atoms with Crippen LogP contribution in [-0.4, -0.2) is 41.1 Å². The van der Waals surface area contributed by atoms with Crippen LogP contribution in [0.2, 0.25) is 5.28 Å². The number of hydrogen-bond donors (Lipinski definition) is 2. The first-order valence-electron chi connectivity index (χ1n) is 4.38. The highest BCUT2D eigenvalue weighted by Crippen LogP contribution is 2.12. The summed E-state index contributed by atoms with van der Waals surface area (Å²) < 4.78 is 0. The molecule has 76 valence electrons. The Balaban J connectivity index is 2.21. The summed E-state index contributed by atoms with van der Waals surface area (Å²) >= 11 is 5.68. The molecule has 2 rings (SSSR count). The van der Waals surface area contributed by atoms with Crippen molar-refractivity contribution in [2.24, 2.45) is 0 Å². The van der Waals surface area contributed by atoms with Gasteiger partial charge in [-0.2, -0.15) is 15.0 Å². The Morgan fingerprint density at radius 3 is 2.57 bits per heavy atom. The van der Waals surface area contributed by atoms with E-state index in [0.717, 1.165) is 26.2 Å². The molecule has 0 aliphatic carbocycles. The third-order valence-corrected chi connectivity index (χ3v) is 2.18. The van der Waals surface area contributed by atoms with E-state index in [2.05, 4.69) is 20.3 Å². The summed E-state index contributed by atoms with van der Waals surface area (Å²) in [5.74, 6) is 0.725. The van der Waals surface area contributed by atoms with E-state index in [1.54, 1.807) is 0 Å². The lowest BCUT2D eigenvalue weighted by Crippen LogP contribution is -2.44. The van der Waals surface area contributed by atoms with Gasteiger partial charge in [0.25, 0.3) is 0 Å². The number of nitrogens with one attached hydrogen (secondary N) is 1. The summed E-state index contributed by atoms with van der Waals surface area (Å²) in [6.45, 7) is 3.56. The lowest BCUT2D eigenvalue weighted by molar-refractivity contribution is 0.579. The van der Waals surface area contributed by atoms with Gasteiger partial charge in [-0.25, -0.2) is 0 Å². The van der Waals surface area contributed by atoms with E-state index in [1.165, 1.54) is 0 Å². The average molecular weight is 215 g/mol. The molecule has 1 aliphatic heterocycles. The van der Waals surface area contributed by atoms with Gasteiger partial charge >= 0.3 is 0 Å².